The van der Waals surface area contributed by atoms with E-state index in [1.807, 2.05) is 0 Å². The van der Waals surface area contributed by atoms with E-state index in [-0.39, 0.29) is 5.91 Å². The lowest BCUT2D eigenvalue weighted by atomic mass is 9.98. The second-order valence-electron chi connectivity index (χ2n) is 4.14. The maximum absolute atomic E-state index is 11.3. The highest BCUT2D eigenvalue weighted by molar-refractivity contribution is 8.76. The van der Waals surface area contributed by atoms with Crippen molar-refractivity contribution in [1.82, 2.24) is 0 Å². The Morgan fingerprint density at radius 1 is 1.00 bits per heavy atom. The van der Waals surface area contributed by atoms with Gasteiger partial charge >= 0.3 is 0 Å². The van der Waals surface area contributed by atoms with E-state index >= 15 is 0 Å². The molecule has 94 valence electrons. The van der Waals surface area contributed by atoms with Crippen LogP contribution >= 0.6 is 21.6 Å². The van der Waals surface area contributed by atoms with Crippen LogP contribution < -0.4 is 5.32 Å². The van der Waals surface area contributed by atoms with Crippen LogP contribution in [0.15, 0.2) is 4.90 Å². The van der Waals surface area contributed by atoms with Gasteiger partial charge in [-0.05, 0) is 56.2 Å². The number of hydrogen-bond acceptors (Lipinski definition) is 3. The van der Waals surface area contributed by atoms with Crippen LogP contribution in [0.2, 0.25) is 0 Å². The summed E-state index contributed by atoms with van der Waals surface area (Å²) in [6.45, 7) is 9.94. The molecule has 0 saturated carbocycles. The largest absolute Gasteiger partial charge is 0.326 e. The lowest BCUT2D eigenvalue weighted by molar-refractivity contribution is -0.114. The summed E-state index contributed by atoms with van der Waals surface area (Å²) in [5, 5.41) is 2.95. The van der Waals surface area contributed by atoms with E-state index in [2.05, 4.69) is 39.3 Å². The van der Waals surface area contributed by atoms with Gasteiger partial charge in [0.25, 0.3) is 0 Å². The fourth-order valence-electron chi connectivity index (χ4n) is 1.89. The molecule has 0 aromatic heterocycles. The molecule has 2 nitrogen and oxygen atoms in total. The summed E-state index contributed by atoms with van der Waals surface area (Å²) in [5.41, 5.74) is 5.88. The Bertz CT molecular complexity index is 455. The summed E-state index contributed by atoms with van der Waals surface area (Å²) in [6, 6.07) is 0. The molecule has 17 heavy (non-hydrogen) atoms. The third-order valence-corrected chi connectivity index (χ3v) is 4.97. The molecule has 4 heteroatoms. The lowest BCUT2D eigenvalue weighted by Gasteiger charge is -2.19. The minimum absolute atomic E-state index is 0.0143. The molecule has 0 bridgehead atoms. The number of amides is 1. The van der Waals surface area contributed by atoms with Crippen molar-refractivity contribution in [2.45, 2.75) is 39.5 Å². The standard InChI is InChI=1S/C13H19NOS2/c1-7-8(2)12(14-11(5)15)10(4)13(9(7)3)17-16-6/h1-6H3,(H,14,15). The third kappa shape index (κ3) is 2.99. The molecular weight excluding hydrogens is 250 g/mol. The van der Waals surface area contributed by atoms with Gasteiger partial charge in [-0.25, -0.2) is 0 Å². The van der Waals surface area contributed by atoms with Crippen molar-refractivity contribution in [2.75, 3.05) is 11.6 Å². The summed E-state index contributed by atoms with van der Waals surface area (Å²) < 4.78 is 0. The molecule has 0 heterocycles. The van der Waals surface area contributed by atoms with Crippen LogP contribution in [0.1, 0.15) is 29.2 Å². The van der Waals surface area contributed by atoms with Gasteiger partial charge in [0.05, 0.1) is 0 Å². The van der Waals surface area contributed by atoms with E-state index in [1.54, 1.807) is 28.5 Å². The molecule has 0 unspecified atom stereocenters. The van der Waals surface area contributed by atoms with E-state index in [1.165, 1.54) is 27.1 Å². The molecular formula is C13H19NOS2. The van der Waals surface area contributed by atoms with Crippen LogP contribution in [0.3, 0.4) is 0 Å². The molecule has 1 N–H and O–H groups in total. The van der Waals surface area contributed by atoms with Crippen LogP contribution in [0.25, 0.3) is 0 Å². The van der Waals surface area contributed by atoms with Crippen LogP contribution in [0, 0.1) is 27.7 Å². The molecule has 0 radical (unpaired) electrons. The number of carbonyl (C=O) groups excluding carboxylic acids is 1. The molecule has 0 saturated heterocycles. The minimum Gasteiger partial charge on any atom is -0.326 e. The number of rotatable bonds is 3. The van der Waals surface area contributed by atoms with Gasteiger partial charge in [0.2, 0.25) is 5.91 Å². The summed E-state index contributed by atoms with van der Waals surface area (Å²) >= 11 is 0. The van der Waals surface area contributed by atoms with Gasteiger partial charge in [-0.15, -0.1) is 0 Å². The van der Waals surface area contributed by atoms with E-state index in [0.29, 0.717) is 0 Å². The molecule has 0 aliphatic rings. The first kappa shape index (κ1) is 14.5. The first-order valence-electron chi connectivity index (χ1n) is 5.48. The molecule has 0 aliphatic carbocycles. The van der Waals surface area contributed by atoms with Gasteiger partial charge in [-0.3, -0.25) is 4.79 Å². The first-order chi connectivity index (χ1) is 7.90. The zero-order valence-electron chi connectivity index (χ0n) is 11.2. The highest BCUT2D eigenvalue weighted by Gasteiger charge is 2.15. The molecule has 0 fully saturated rings. The Hall–Kier alpha value is -0.610. The van der Waals surface area contributed by atoms with Crippen molar-refractivity contribution >= 4 is 33.2 Å². The van der Waals surface area contributed by atoms with Crippen molar-refractivity contribution in [3.8, 4) is 0 Å². The molecule has 1 amide bonds. The number of carbonyl (C=O) groups is 1. The minimum atomic E-state index is -0.0143. The average Bonchev–Trinajstić information content (AvgIpc) is 2.27. The van der Waals surface area contributed by atoms with Crippen molar-refractivity contribution in [2.24, 2.45) is 0 Å². The summed E-state index contributed by atoms with van der Waals surface area (Å²) in [7, 11) is 3.49. The molecule has 1 rings (SSSR count). The Morgan fingerprint density at radius 2 is 1.59 bits per heavy atom. The molecule has 0 aliphatic heterocycles. The smallest absolute Gasteiger partial charge is 0.221 e. The predicted molar refractivity (Wildman–Crippen MR) is 79.1 cm³/mol. The van der Waals surface area contributed by atoms with Crippen molar-refractivity contribution < 1.29 is 4.79 Å². The Morgan fingerprint density at radius 3 is 2.06 bits per heavy atom. The van der Waals surface area contributed by atoms with E-state index < -0.39 is 0 Å². The Labute approximate surface area is 111 Å². The quantitative estimate of drug-likeness (QED) is 0.832. The van der Waals surface area contributed by atoms with Crippen LogP contribution in [-0.4, -0.2) is 12.2 Å². The highest BCUT2D eigenvalue weighted by atomic mass is 33.1. The number of hydrogen-bond donors (Lipinski definition) is 1. The van der Waals surface area contributed by atoms with Crippen molar-refractivity contribution in [3.63, 3.8) is 0 Å². The highest BCUT2D eigenvalue weighted by Crippen LogP contribution is 2.40. The monoisotopic (exact) mass is 269 g/mol. The van der Waals surface area contributed by atoms with E-state index in [4.69, 9.17) is 0 Å². The van der Waals surface area contributed by atoms with Gasteiger partial charge in [-0.2, -0.15) is 0 Å². The fraction of sp³-hybridized carbons (Fsp3) is 0.462. The molecule has 0 spiro atoms. The zero-order chi connectivity index (χ0) is 13.2. The van der Waals surface area contributed by atoms with Gasteiger partial charge < -0.3 is 5.32 Å². The Balaban J connectivity index is 3.43. The predicted octanol–water partition coefficient (Wildman–Crippen LogP) is 4.25. The maximum Gasteiger partial charge on any atom is 0.221 e. The summed E-state index contributed by atoms with van der Waals surface area (Å²) in [5.74, 6) is -0.0143. The second-order valence-corrected chi connectivity index (χ2v) is 6.54. The average molecular weight is 269 g/mol. The molecule has 1 aromatic carbocycles. The van der Waals surface area contributed by atoms with Gasteiger partial charge in [0.15, 0.2) is 0 Å². The fourth-order valence-corrected chi connectivity index (χ4v) is 3.81. The third-order valence-electron chi connectivity index (χ3n) is 3.02. The van der Waals surface area contributed by atoms with Gasteiger partial charge in [-0.1, -0.05) is 21.6 Å². The number of nitrogens with one attached hydrogen (secondary N) is 1. The second kappa shape index (κ2) is 5.83. The summed E-state index contributed by atoms with van der Waals surface area (Å²) in [6.07, 6.45) is 2.07. The topological polar surface area (TPSA) is 29.1 Å². The molecule has 0 atom stereocenters. The maximum atomic E-state index is 11.3. The lowest BCUT2D eigenvalue weighted by Crippen LogP contribution is -2.11. The van der Waals surface area contributed by atoms with Crippen molar-refractivity contribution in [3.05, 3.63) is 22.3 Å². The molecule has 1 aromatic rings. The Kier molecular flexibility index (Phi) is 4.95. The van der Waals surface area contributed by atoms with Crippen LogP contribution in [-0.2, 0) is 4.79 Å². The number of benzene rings is 1. The van der Waals surface area contributed by atoms with E-state index in [9.17, 15) is 4.79 Å². The van der Waals surface area contributed by atoms with Gasteiger partial charge in [0, 0.05) is 17.5 Å². The van der Waals surface area contributed by atoms with Gasteiger partial charge in [0.1, 0.15) is 0 Å². The normalized spacial score (nSPS) is 10.5. The first-order valence-corrected chi connectivity index (χ1v) is 8.04. The SMILES string of the molecule is CSSc1c(C)c(C)c(C)c(NC(C)=O)c1C. The zero-order valence-corrected chi connectivity index (χ0v) is 12.9. The van der Waals surface area contributed by atoms with Crippen molar-refractivity contribution in [1.29, 1.82) is 0 Å². The summed E-state index contributed by atoms with van der Waals surface area (Å²) in [4.78, 5) is 12.5. The van der Waals surface area contributed by atoms with Crippen LogP contribution in [0.4, 0.5) is 5.69 Å². The van der Waals surface area contributed by atoms with E-state index in [0.717, 1.165) is 5.69 Å². The number of anilines is 1. The van der Waals surface area contributed by atoms with Crippen LogP contribution in [0.5, 0.6) is 0 Å².